The Morgan fingerprint density at radius 3 is 2.59 bits per heavy atom. The molecule has 2 aliphatic rings. The molecule has 9 heteroatoms. The molecule has 0 N–H and O–H groups in total. The van der Waals surface area contributed by atoms with Crippen molar-refractivity contribution in [3.8, 4) is 6.07 Å². The monoisotopic (exact) mass is 505 g/mol. The van der Waals surface area contributed by atoms with Crippen LogP contribution in [0, 0.1) is 17.2 Å². The van der Waals surface area contributed by atoms with E-state index in [2.05, 4.69) is 12.6 Å². The lowest BCUT2D eigenvalue weighted by atomic mass is 9.87. The molecule has 1 aromatic carbocycles. The minimum absolute atomic E-state index is 0.0345. The number of nitrogens with zero attached hydrogens (tertiary/aromatic N) is 3. The van der Waals surface area contributed by atoms with Crippen LogP contribution in [0.1, 0.15) is 44.1 Å². The van der Waals surface area contributed by atoms with E-state index in [0.717, 1.165) is 31.2 Å². The molecule has 0 radical (unpaired) electrons. The van der Waals surface area contributed by atoms with Crippen LogP contribution < -0.4 is 0 Å². The van der Waals surface area contributed by atoms with Crippen molar-refractivity contribution in [1.29, 1.82) is 5.26 Å². The molecule has 1 aliphatic carbocycles. The molecule has 1 aliphatic heterocycles. The van der Waals surface area contributed by atoms with Crippen molar-refractivity contribution >= 4 is 41.5 Å². The first-order valence-electron chi connectivity index (χ1n) is 11.5. The number of halogens is 2. The van der Waals surface area contributed by atoms with Crippen LogP contribution in [0.25, 0.3) is 0 Å². The van der Waals surface area contributed by atoms with Gasteiger partial charge in [0.1, 0.15) is 18.1 Å². The summed E-state index contributed by atoms with van der Waals surface area (Å²) in [5, 5.41) is 9.30. The summed E-state index contributed by atoms with van der Waals surface area (Å²) in [5.41, 5.74) is 0.162. The molecular formula is C25H29Cl2N3O4. The number of amides is 2. The van der Waals surface area contributed by atoms with Gasteiger partial charge in [0.2, 0.25) is 6.41 Å². The number of carbonyl (C=O) groups excluding carboxylic acids is 3. The van der Waals surface area contributed by atoms with Crippen LogP contribution in [0.15, 0.2) is 42.5 Å². The fourth-order valence-electron chi connectivity index (χ4n) is 4.62. The second-order valence-corrected chi connectivity index (χ2v) is 9.46. The van der Waals surface area contributed by atoms with Crippen LogP contribution in [-0.2, 0) is 25.7 Å². The number of esters is 1. The SMILES string of the molecule is C=C(CCl)C(C(=O)OCc1ccccc1)N1C(=O)C(N(C=O)C2CCCCC(C#N)CC2)C1Cl. The van der Waals surface area contributed by atoms with Gasteiger partial charge < -0.3 is 14.5 Å². The van der Waals surface area contributed by atoms with E-state index in [1.54, 1.807) is 0 Å². The molecule has 0 spiro atoms. The first-order chi connectivity index (χ1) is 16.4. The molecule has 1 saturated heterocycles. The van der Waals surface area contributed by atoms with Crippen LogP contribution in [0.4, 0.5) is 0 Å². The van der Waals surface area contributed by atoms with Gasteiger partial charge in [0.25, 0.3) is 5.91 Å². The van der Waals surface area contributed by atoms with Gasteiger partial charge in [-0.25, -0.2) is 4.79 Å². The highest BCUT2D eigenvalue weighted by Crippen LogP contribution is 2.36. The number of hydrogen-bond acceptors (Lipinski definition) is 5. The van der Waals surface area contributed by atoms with Crippen LogP contribution in [0.5, 0.6) is 0 Å². The number of alkyl halides is 2. The van der Waals surface area contributed by atoms with Gasteiger partial charge in [-0.15, -0.1) is 11.6 Å². The molecule has 34 heavy (non-hydrogen) atoms. The Morgan fingerprint density at radius 1 is 1.26 bits per heavy atom. The molecule has 182 valence electrons. The average molecular weight is 506 g/mol. The molecule has 2 amide bonds. The molecular weight excluding hydrogens is 477 g/mol. The van der Waals surface area contributed by atoms with Gasteiger partial charge >= 0.3 is 5.97 Å². The van der Waals surface area contributed by atoms with E-state index in [4.69, 9.17) is 27.9 Å². The van der Waals surface area contributed by atoms with E-state index in [0.29, 0.717) is 19.3 Å². The Balaban J connectivity index is 1.72. The van der Waals surface area contributed by atoms with Crippen LogP contribution in [0.3, 0.4) is 0 Å². The number of ether oxygens (including phenoxy) is 1. The third kappa shape index (κ3) is 5.73. The largest absolute Gasteiger partial charge is 0.459 e. The number of carbonyl (C=O) groups is 3. The number of hydrogen-bond donors (Lipinski definition) is 0. The number of benzene rings is 1. The quantitative estimate of drug-likeness (QED) is 0.126. The Labute approximate surface area is 210 Å². The zero-order valence-corrected chi connectivity index (χ0v) is 20.5. The molecule has 5 unspecified atom stereocenters. The smallest absolute Gasteiger partial charge is 0.333 e. The Bertz CT molecular complexity index is 936. The predicted molar refractivity (Wildman–Crippen MR) is 129 cm³/mol. The number of nitriles is 1. The second kappa shape index (κ2) is 12.2. The second-order valence-electron chi connectivity index (χ2n) is 8.74. The fraction of sp³-hybridized carbons (Fsp3) is 0.520. The zero-order valence-electron chi connectivity index (χ0n) is 18.9. The van der Waals surface area contributed by atoms with Gasteiger partial charge in [0, 0.05) is 17.8 Å². The highest BCUT2D eigenvalue weighted by molar-refractivity contribution is 6.27. The van der Waals surface area contributed by atoms with E-state index in [9.17, 15) is 19.6 Å². The topological polar surface area (TPSA) is 90.7 Å². The molecule has 1 aromatic rings. The van der Waals surface area contributed by atoms with Crippen LogP contribution in [-0.4, -0.2) is 57.6 Å². The normalized spacial score (nSPS) is 25.7. The van der Waals surface area contributed by atoms with E-state index in [1.165, 1.54) is 9.80 Å². The first kappa shape index (κ1) is 26.1. The molecule has 5 atom stereocenters. The average Bonchev–Trinajstić information content (AvgIpc) is 2.84. The maximum absolute atomic E-state index is 13.2. The fourth-order valence-corrected chi connectivity index (χ4v) is 5.21. The Kier molecular flexibility index (Phi) is 9.37. The van der Waals surface area contributed by atoms with Gasteiger partial charge in [-0.05, 0) is 36.8 Å². The van der Waals surface area contributed by atoms with Gasteiger partial charge in [0.05, 0.1) is 6.07 Å². The third-order valence-corrected chi connectivity index (χ3v) is 7.35. The highest BCUT2D eigenvalue weighted by atomic mass is 35.5. The Hall–Kier alpha value is -2.56. The molecule has 0 bridgehead atoms. The molecule has 2 fully saturated rings. The van der Waals surface area contributed by atoms with Gasteiger partial charge in [0.15, 0.2) is 6.04 Å². The molecule has 3 rings (SSSR count). The van der Waals surface area contributed by atoms with Crippen LogP contribution in [0.2, 0.25) is 0 Å². The van der Waals surface area contributed by atoms with Crippen molar-refractivity contribution < 1.29 is 19.1 Å². The third-order valence-electron chi connectivity index (χ3n) is 6.55. The standard InChI is InChI=1S/C25H29Cl2N3O4/c1-17(13-26)21(25(33)34-15-19-8-3-2-4-9-19)30-23(27)22(24(30)32)29(16-31)20-10-6-5-7-18(14-28)11-12-20/h2-4,8-9,16,18,20-23H,1,5-7,10-13,15H2. The maximum Gasteiger partial charge on any atom is 0.333 e. The summed E-state index contributed by atoms with van der Waals surface area (Å²) in [6.45, 7) is 3.88. The van der Waals surface area contributed by atoms with E-state index >= 15 is 0 Å². The number of likely N-dealkylation sites (tertiary alicyclic amines) is 1. The first-order valence-corrected chi connectivity index (χ1v) is 12.4. The lowest BCUT2D eigenvalue weighted by Gasteiger charge is -2.51. The van der Waals surface area contributed by atoms with Crippen molar-refractivity contribution in [2.75, 3.05) is 5.88 Å². The molecule has 7 nitrogen and oxygen atoms in total. The maximum atomic E-state index is 13.2. The zero-order chi connectivity index (χ0) is 24.7. The molecule has 0 aromatic heterocycles. The van der Waals surface area contributed by atoms with Gasteiger partial charge in [-0.3, -0.25) is 9.59 Å². The summed E-state index contributed by atoms with van der Waals surface area (Å²) in [6, 6.07) is 9.26. The summed E-state index contributed by atoms with van der Waals surface area (Å²) in [6.07, 6.45) is 5.31. The summed E-state index contributed by atoms with van der Waals surface area (Å²) in [5.74, 6) is -1.22. The van der Waals surface area contributed by atoms with Gasteiger partial charge in [-0.2, -0.15) is 5.26 Å². The van der Waals surface area contributed by atoms with Gasteiger partial charge in [-0.1, -0.05) is 61.4 Å². The van der Waals surface area contributed by atoms with Crippen molar-refractivity contribution in [2.45, 2.75) is 68.8 Å². The summed E-state index contributed by atoms with van der Waals surface area (Å²) in [7, 11) is 0. The lowest BCUT2D eigenvalue weighted by Crippen LogP contribution is -2.73. The van der Waals surface area contributed by atoms with E-state index < -0.39 is 29.5 Å². The van der Waals surface area contributed by atoms with Crippen molar-refractivity contribution in [3.05, 3.63) is 48.0 Å². The molecule has 1 heterocycles. The van der Waals surface area contributed by atoms with E-state index in [-0.39, 0.29) is 30.0 Å². The van der Waals surface area contributed by atoms with E-state index in [1.807, 2.05) is 30.3 Å². The predicted octanol–water partition coefficient (Wildman–Crippen LogP) is 3.99. The number of rotatable bonds is 9. The lowest BCUT2D eigenvalue weighted by molar-refractivity contribution is -0.170. The summed E-state index contributed by atoms with van der Waals surface area (Å²) < 4.78 is 5.43. The number of β-lactam (4-membered cyclic amide) rings is 1. The summed E-state index contributed by atoms with van der Waals surface area (Å²) >= 11 is 12.6. The summed E-state index contributed by atoms with van der Waals surface area (Å²) in [4.78, 5) is 40.9. The minimum atomic E-state index is -1.14. The Morgan fingerprint density at radius 2 is 1.97 bits per heavy atom. The molecule has 1 saturated carbocycles. The van der Waals surface area contributed by atoms with Crippen molar-refractivity contribution in [1.82, 2.24) is 9.80 Å². The van der Waals surface area contributed by atoms with Crippen molar-refractivity contribution in [3.63, 3.8) is 0 Å². The van der Waals surface area contributed by atoms with Crippen molar-refractivity contribution in [2.24, 2.45) is 5.92 Å². The highest BCUT2D eigenvalue weighted by Gasteiger charge is 2.55. The van der Waals surface area contributed by atoms with Crippen LogP contribution >= 0.6 is 23.2 Å². The minimum Gasteiger partial charge on any atom is -0.459 e.